The number of carbonyl (C=O) groups excluding carboxylic acids is 2. The molecule has 1 aromatic heterocycles. The smallest absolute Gasteiger partial charge is 0.359 e. The van der Waals surface area contributed by atoms with E-state index in [2.05, 4.69) is 15.5 Å². The van der Waals surface area contributed by atoms with Gasteiger partial charge in [-0.15, -0.1) is 0 Å². The maximum atomic E-state index is 12.4. The summed E-state index contributed by atoms with van der Waals surface area (Å²) in [6.07, 6.45) is 0.607. The Bertz CT molecular complexity index is 757. The Hall–Kier alpha value is -2.54. The summed E-state index contributed by atoms with van der Waals surface area (Å²) in [7, 11) is 0. The summed E-state index contributed by atoms with van der Waals surface area (Å²) in [5.41, 5.74) is 2.49. The minimum absolute atomic E-state index is 0.237. The van der Waals surface area contributed by atoms with Crippen LogP contribution in [-0.4, -0.2) is 40.2 Å². The van der Waals surface area contributed by atoms with Gasteiger partial charge in [0, 0.05) is 34.9 Å². The molecule has 0 saturated carbocycles. The molecule has 126 valence electrons. The SMILES string of the molecule is CCOC(=O)c1n[nH]c2c1CN(C(=O)Nc1ccc(Cl)cc1)CC2. The third-order valence-corrected chi connectivity index (χ3v) is 4.04. The summed E-state index contributed by atoms with van der Waals surface area (Å²) >= 11 is 5.84. The maximum Gasteiger partial charge on any atom is 0.359 e. The van der Waals surface area contributed by atoms with E-state index in [0.29, 0.717) is 35.8 Å². The summed E-state index contributed by atoms with van der Waals surface area (Å²) in [6, 6.07) is 6.65. The zero-order valence-electron chi connectivity index (χ0n) is 13.1. The van der Waals surface area contributed by atoms with Crippen molar-refractivity contribution in [3.05, 3.63) is 46.2 Å². The topological polar surface area (TPSA) is 87.3 Å². The highest BCUT2D eigenvalue weighted by atomic mass is 35.5. The zero-order chi connectivity index (χ0) is 17.1. The van der Waals surface area contributed by atoms with E-state index in [9.17, 15) is 9.59 Å². The van der Waals surface area contributed by atoms with Crippen LogP contribution < -0.4 is 5.32 Å². The van der Waals surface area contributed by atoms with Gasteiger partial charge in [-0.1, -0.05) is 11.6 Å². The molecular weight excluding hydrogens is 332 g/mol. The second-order valence-corrected chi connectivity index (χ2v) is 5.79. The van der Waals surface area contributed by atoms with Crippen molar-refractivity contribution in [2.75, 3.05) is 18.5 Å². The third-order valence-electron chi connectivity index (χ3n) is 3.78. The number of H-pyrrole nitrogens is 1. The fraction of sp³-hybridized carbons (Fsp3) is 0.312. The first kappa shape index (κ1) is 16.3. The molecule has 0 fully saturated rings. The molecule has 0 saturated heterocycles. The van der Waals surface area contributed by atoms with Crippen LogP contribution in [0.2, 0.25) is 5.02 Å². The van der Waals surface area contributed by atoms with Crippen molar-refractivity contribution in [3.8, 4) is 0 Å². The van der Waals surface area contributed by atoms with E-state index in [1.807, 2.05) is 0 Å². The van der Waals surface area contributed by atoms with E-state index in [4.69, 9.17) is 16.3 Å². The Morgan fingerprint density at radius 1 is 1.38 bits per heavy atom. The number of urea groups is 1. The lowest BCUT2D eigenvalue weighted by Crippen LogP contribution is -2.39. The number of aromatic nitrogens is 2. The lowest BCUT2D eigenvalue weighted by Gasteiger charge is -2.27. The van der Waals surface area contributed by atoms with Crippen molar-refractivity contribution in [2.45, 2.75) is 19.9 Å². The molecule has 0 atom stereocenters. The number of hydrogen-bond donors (Lipinski definition) is 2. The molecule has 2 N–H and O–H groups in total. The van der Waals surface area contributed by atoms with Crippen molar-refractivity contribution >= 4 is 29.3 Å². The molecule has 0 radical (unpaired) electrons. The molecule has 0 unspecified atom stereocenters. The number of amides is 2. The molecule has 1 aliphatic rings. The lowest BCUT2D eigenvalue weighted by atomic mass is 10.1. The van der Waals surface area contributed by atoms with Crippen LogP contribution in [0, 0.1) is 0 Å². The van der Waals surface area contributed by atoms with Gasteiger partial charge in [-0.3, -0.25) is 5.10 Å². The summed E-state index contributed by atoms with van der Waals surface area (Å²) < 4.78 is 5.00. The number of nitrogens with one attached hydrogen (secondary N) is 2. The number of benzene rings is 1. The van der Waals surface area contributed by atoms with Crippen molar-refractivity contribution in [1.29, 1.82) is 0 Å². The Labute approximate surface area is 143 Å². The van der Waals surface area contributed by atoms with E-state index >= 15 is 0 Å². The van der Waals surface area contributed by atoms with Crippen LogP contribution in [0.25, 0.3) is 0 Å². The normalized spacial score (nSPS) is 13.3. The first-order valence-corrected chi connectivity index (χ1v) is 8.01. The Morgan fingerprint density at radius 2 is 2.12 bits per heavy atom. The van der Waals surface area contributed by atoms with E-state index in [-0.39, 0.29) is 18.3 Å². The van der Waals surface area contributed by atoms with Crippen molar-refractivity contribution in [2.24, 2.45) is 0 Å². The standard InChI is InChI=1S/C16H17ClN4O3/c1-2-24-15(22)14-12-9-21(8-7-13(12)19-20-14)16(23)18-11-5-3-10(17)4-6-11/h3-6H,2,7-9H2,1H3,(H,18,23)(H,19,20). The van der Waals surface area contributed by atoms with Gasteiger partial charge in [-0.25, -0.2) is 9.59 Å². The van der Waals surface area contributed by atoms with Gasteiger partial charge >= 0.3 is 12.0 Å². The van der Waals surface area contributed by atoms with E-state index in [1.165, 1.54) is 0 Å². The van der Waals surface area contributed by atoms with Gasteiger partial charge < -0.3 is 15.0 Å². The predicted molar refractivity (Wildman–Crippen MR) is 89.1 cm³/mol. The molecule has 0 bridgehead atoms. The van der Waals surface area contributed by atoms with Crippen molar-refractivity contribution in [3.63, 3.8) is 0 Å². The number of fused-ring (bicyclic) bond motifs is 1. The predicted octanol–water partition coefficient (Wildman–Crippen LogP) is 2.83. The number of carbonyl (C=O) groups is 2. The summed E-state index contributed by atoms with van der Waals surface area (Å²) in [4.78, 5) is 26.0. The first-order valence-electron chi connectivity index (χ1n) is 7.63. The number of rotatable bonds is 3. The van der Waals surface area contributed by atoms with E-state index in [1.54, 1.807) is 36.1 Å². The van der Waals surface area contributed by atoms with Crippen LogP contribution in [-0.2, 0) is 17.7 Å². The van der Waals surface area contributed by atoms with Gasteiger partial charge in [0.2, 0.25) is 0 Å². The minimum Gasteiger partial charge on any atom is -0.461 e. The molecule has 1 aliphatic heterocycles. The van der Waals surface area contributed by atoms with Gasteiger partial charge in [-0.2, -0.15) is 5.10 Å². The molecule has 7 nitrogen and oxygen atoms in total. The summed E-state index contributed by atoms with van der Waals surface area (Å²) in [6.45, 7) is 2.86. The molecule has 0 aliphatic carbocycles. The second kappa shape index (κ2) is 6.92. The van der Waals surface area contributed by atoms with Crippen LogP contribution >= 0.6 is 11.6 Å². The Morgan fingerprint density at radius 3 is 2.83 bits per heavy atom. The number of ether oxygens (including phenoxy) is 1. The van der Waals surface area contributed by atoms with Crippen LogP contribution in [0.15, 0.2) is 24.3 Å². The van der Waals surface area contributed by atoms with Crippen LogP contribution in [0.1, 0.15) is 28.7 Å². The van der Waals surface area contributed by atoms with Gasteiger partial charge in [0.25, 0.3) is 0 Å². The monoisotopic (exact) mass is 348 g/mol. The van der Waals surface area contributed by atoms with Crippen molar-refractivity contribution < 1.29 is 14.3 Å². The van der Waals surface area contributed by atoms with E-state index < -0.39 is 5.97 Å². The highest BCUT2D eigenvalue weighted by Crippen LogP contribution is 2.22. The van der Waals surface area contributed by atoms with Crippen LogP contribution in [0.5, 0.6) is 0 Å². The van der Waals surface area contributed by atoms with Crippen LogP contribution in [0.3, 0.4) is 0 Å². The zero-order valence-corrected chi connectivity index (χ0v) is 13.9. The molecule has 2 amide bonds. The number of halogens is 1. The molecule has 0 spiro atoms. The second-order valence-electron chi connectivity index (χ2n) is 5.36. The number of hydrogen-bond acceptors (Lipinski definition) is 4. The fourth-order valence-electron chi connectivity index (χ4n) is 2.57. The number of anilines is 1. The third kappa shape index (κ3) is 3.35. The largest absolute Gasteiger partial charge is 0.461 e. The fourth-order valence-corrected chi connectivity index (χ4v) is 2.70. The maximum absolute atomic E-state index is 12.4. The average molecular weight is 349 g/mol. The number of aromatic amines is 1. The quantitative estimate of drug-likeness (QED) is 0.835. The molecule has 8 heteroatoms. The molecular formula is C16H17ClN4O3. The van der Waals surface area contributed by atoms with Crippen LogP contribution in [0.4, 0.5) is 10.5 Å². The van der Waals surface area contributed by atoms with Gasteiger partial charge in [0.05, 0.1) is 13.2 Å². The highest BCUT2D eigenvalue weighted by molar-refractivity contribution is 6.30. The Balaban J connectivity index is 1.72. The van der Waals surface area contributed by atoms with Gasteiger partial charge in [0.15, 0.2) is 5.69 Å². The van der Waals surface area contributed by atoms with Gasteiger partial charge in [-0.05, 0) is 31.2 Å². The Kier molecular flexibility index (Phi) is 4.71. The molecule has 1 aromatic carbocycles. The van der Waals surface area contributed by atoms with Crippen molar-refractivity contribution in [1.82, 2.24) is 15.1 Å². The highest BCUT2D eigenvalue weighted by Gasteiger charge is 2.28. The molecule has 2 aromatic rings. The number of esters is 1. The molecule has 2 heterocycles. The van der Waals surface area contributed by atoms with Gasteiger partial charge in [0.1, 0.15) is 0 Å². The average Bonchev–Trinajstić information content (AvgIpc) is 3.00. The summed E-state index contributed by atoms with van der Waals surface area (Å²) in [5, 5.41) is 10.3. The first-order chi connectivity index (χ1) is 11.6. The molecule has 24 heavy (non-hydrogen) atoms. The van der Waals surface area contributed by atoms with E-state index in [0.717, 1.165) is 5.69 Å². The molecule has 3 rings (SSSR count). The lowest BCUT2D eigenvalue weighted by molar-refractivity contribution is 0.0517. The minimum atomic E-state index is -0.477. The summed E-state index contributed by atoms with van der Waals surface area (Å²) in [5.74, 6) is -0.477. The number of nitrogens with zero attached hydrogens (tertiary/aromatic N) is 2.